The van der Waals surface area contributed by atoms with E-state index in [0.717, 1.165) is 38.5 Å². The van der Waals surface area contributed by atoms with Crippen molar-refractivity contribution in [1.82, 2.24) is 5.32 Å². The Kier molecular flexibility index (Phi) is 76.8. The van der Waals surface area contributed by atoms with Crippen molar-refractivity contribution < 1.29 is 24.5 Å². The van der Waals surface area contributed by atoms with Crippen molar-refractivity contribution in [2.75, 3.05) is 13.2 Å². The van der Waals surface area contributed by atoms with E-state index in [9.17, 15) is 19.8 Å². The first-order valence-corrected chi connectivity index (χ1v) is 40.9. The zero-order chi connectivity index (χ0) is 63.5. The number of aliphatic hydroxyl groups excluding tert-OH is 2. The van der Waals surface area contributed by atoms with E-state index >= 15 is 0 Å². The van der Waals surface area contributed by atoms with Gasteiger partial charge in [0.1, 0.15) is 0 Å². The van der Waals surface area contributed by atoms with Crippen LogP contribution in [0.2, 0.25) is 0 Å². The monoisotopic (exact) mass is 1240 g/mol. The summed E-state index contributed by atoms with van der Waals surface area (Å²) in [6.07, 6.45) is 98.8. The summed E-state index contributed by atoms with van der Waals surface area (Å²) < 4.78 is 5.51. The Bertz CT molecular complexity index is 1340. The molecule has 0 saturated heterocycles. The first-order chi connectivity index (χ1) is 43.5. The lowest BCUT2D eigenvalue weighted by molar-refractivity contribution is -0.143. The predicted octanol–water partition coefficient (Wildman–Crippen LogP) is 27.1. The average Bonchev–Trinajstić information content (AvgIpc) is 3.58. The van der Waals surface area contributed by atoms with Gasteiger partial charge in [0.15, 0.2) is 0 Å². The molecule has 1 amide bonds. The molecule has 2 unspecified atom stereocenters. The van der Waals surface area contributed by atoms with Crippen molar-refractivity contribution in [1.29, 1.82) is 0 Å². The van der Waals surface area contributed by atoms with Crippen LogP contribution in [0.15, 0.2) is 12.2 Å². The zero-order valence-corrected chi connectivity index (χ0v) is 60.3. The molecule has 0 aliphatic heterocycles. The van der Waals surface area contributed by atoms with E-state index in [1.54, 1.807) is 0 Å². The van der Waals surface area contributed by atoms with Crippen molar-refractivity contribution in [2.24, 2.45) is 0 Å². The quantitative estimate of drug-likeness (QED) is 0.0320. The molecule has 6 heteroatoms. The summed E-state index contributed by atoms with van der Waals surface area (Å²) in [6.45, 7) is 5.02. The van der Waals surface area contributed by atoms with Crippen molar-refractivity contribution in [3.8, 4) is 0 Å². The molecule has 524 valence electrons. The van der Waals surface area contributed by atoms with E-state index in [-0.39, 0.29) is 18.5 Å². The highest BCUT2D eigenvalue weighted by molar-refractivity contribution is 5.76. The van der Waals surface area contributed by atoms with Crippen molar-refractivity contribution in [3.05, 3.63) is 12.2 Å². The number of nitrogens with one attached hydrogen (secondary N) is 1. The van der Waals surface area contributed by atoms with Crippen LogP contribution in [0.1, 0.15) is 476 Å². The van der Waals surface area contributed by atoms with Crippen LogP contribution in [0, 0.1) is 0 Å². The van der Waals surface area contributed by atoms with Crippen LogP contribution >= 0.6 is 0 Å². The first kappa shape index (κ1) is 86.6. The standard InChI is InChI=1S/C82H161NO5/c1-3-5-7-9-11-13-15-17-19-21-22-23-24-34-37-40-43-46-50-54-58-62-66-70-74-80(85)79(78-84)83-81(86)75-71-67-63-59-55-51-47-44-41-38-35-32-30-28-26-25-27-29-31-33-36-39-42-45-49-53-57-61-65-69-73-77-88-82(87)76-72-68-64-60-56-52-48-20-18-16-14-12-10-8-6-4-2/h27,29,79-80,84-85H,3-26,28,30-78H2,1-2H3,(H,83,86)/b29-27-. The fourth-order valence-corrected chi connectivity index (χ4v) is 13.3. The normalized spacial score (nSPS) is 12.5. The molecule has 0 aromatic rings. The zero-order valence-electron chi connectivity index (χ0n) is 60.3. The van der Waals surface area contributed by atoms with Crippen LogP contribution in [0.3, 0.4) is 0 Å². The Morgan fingerprint density at radius 3 is 0.807 bits per heavy atom. The Morgan fingerprint density at radius 1 is 0.307 bits per heavy atom. The van der Waals surface area contributed by atoms with Gasteiger partial charge in [0.05, 0.1) is 25.4 Å². The highest BCUT2D eigenvalue weighted by Gasteiger charge is 2.20. The molecule has 0 aromatic heterocycles. The summed E-state index contributed by atoms with van der Waals surface area (Å²) in [4.78, 5) is 24.7. The molecule has 0 spiro atoms. The number of amides is 1. The van der Waals surface area contributed by atoms with E-state index in [1.807, 2.05) is 0 Å². The van der Waals surface area contributed by atoms with E-state index in [0.29, 0.717) is 25.9 Å². The van der Waals surface area contributed by atoms with Gasteiger partial charge in [-0.1, -0.05) is 424 Å². The van der Waals surface area contributed by atoms with Crippen LogP contribution in [0.5, 0.6) is 0 Å². The van der Waals surface area contributed by atoms with Crippen LogP contribution in [0.25, 0.3) is 0 Å². The van der Waals surface area contributed by atoms with Crippen molar-refractivity contribution >= 4 is 11.9 Å². The summed E-state index contributed by atoms with van der Waals surface area (Å²) in [5.41, 5.74) is 0. The van der Waals surface area contributed by atoms with Gasteiger partial charge in [-0.3, -0.25) is 9.59 Å². The Balaban J connectivity index is 3.35. The molecule has 88 heavy (non-hydrogen) atoms. The minimum Gasteiger partial charge on any atom is -0.466 e. The SMILES string of the molecule is CCCCCCCCCCCCCCCCCCCCCCCCCCC(O)C(CO)NC(=O)CCCCCCCCCCCCCCCCC/C=C\CCCCCCCCCCCCCCOC(=O)CCCCCCCCCCCCCCCCCC. The molecule has 6 nitrogen and oxygen atoms in total. The summed E-state index contributed by atoms with van der Waals surface area (Å²) in [5.74, 6) is -0.00394. The van der Waals surface area contributed by atoms with Crippen LogP contribution < -0.4 is 5.32 Å². The van der Waals surface area contributed by atoms with E-state index in [2.05, 4.69) is 31.3 Å². The maximum Gasteiger partial charge on any atom is 0.305 e. The largest absolute Gasteiger partial charge is 0.466 e. The fraction of sp³-hybridized carbons (Fsp3) is 0.951. The third-order valence-corrected chi connectivity index (χ3v) is 19.6. The highest BCUT2D eigenvalue weighted by atomic mass is 16.5. The molecule has 0 rings (SSSR count). The number of rotatable bonds is 78. The Labute approximate surface area is 552 Å². The number of carbonyl (C=O) groups excluding carboxylic acids is 2. The third kappa shape index (κ3) is 73.6. The number of aliphatic hydroxyl groups is 2. The highest BCUT2D eigenvalue weighted by Crippen LogP contribution is 2.21. The minimum absolute atomic E-state index is 0.0226. The van der Waals surface area contributed by atoms with Gasteiger partial charge in [0, 0.05) is 12.8 Å². The third-order valence-electron chi connectivity index (χ3n) is 19.6. The lowest BCUT2D eigenvalue weighted by Gasteiger charge is -2.22. The maximum absolute atomic E-state index is 12.6. The van der Waals surface area contributed by atoms with Gasteiger partial charge >= 0.3 is 5.97 Å². The molecule has 3 N–H and O–H groups in total. The number of hydrogen-bond donors (Lipinski definition) is 3. The van der Waals surface area contributed by atoms with E-state index in [4.69, 9.17) is 4.74 Å². The summed E-state index contributed by atoms with van der Waals surface area (Å²) >= 11 is 0. The molecule has 0 aliphatic carbocycles. The van der Waals surface area contributed by atoms with Crippen molar-refractivity contribution in [3.63, 3.8) is 0 Å². The summed E-state index contributed by atoms with van der Waals surface area (Å²) in [7, 11) is 0. The van der Waals surface area contributed by atoms with Gasteiger partial charge in [-0.15, -0.1) is 0 Å². The Hall–Kier alpha value is -1.40. The van der Waals surface area contributed by atoms with E-state index < -0.39 is 12.1 Å². The van der Waals surface area contributed by atoms with Crippen LogP contribution in [-0.4, -0.2) is 47.4 Å². The molecule has 0 aromatic carbocycles. The van der Waals surface area contributed by atoms with Gasteiger partial charge < -0.3 is 20.3 Å². The molecule has 0 fully saturated rings. The minimum atomic E-state index is -0.664. The number of esters is 1. The predicted molar refractivity (Wildman–Crippen MR) is 389 cm³/mol. The molecule has 0 heterocycles. The molecule has 0 saturated carbocycles. The maximum atomic E-state index is 12.6. The van der Waals surface area contributed by atoms with Gasteiger partial charge in [0.2, 0.25) is 5.91 Å². The second-order valence-electron chi connectivity index (χ2n) is 28.5. The van der Waals surface area contributed by atoms with Crippen molar-refractivity contribution in [2.45, 2.75) is 488 Å². The lowest BCUT2D eigenvalue weighted by atomic mass is 10.0. The molecular weight excluding hydrogens is 1080 g/mol. The first-order valence-electron chi connectivity index (χ1n) is 40.9. The topological polar surface area (TPSA) is 95.9 Å². The fourth-order valence-electron chi connectivity index (χ4n) is 13.3. The number of ether oxygens (including phenoxy) is 1. The molecule has 0 bridgehead atoms. The summed E-state index contributed by atoms with van der Waals surface area (Å²) in [5, 5.41) is 23.5. The molecule has 0 radical (unpaired) electrons. The van der Waals surface area contributed by atoms with Gasteiger partial charge in [0.25, 0.3) is 0 Å². The van der Waals surface area contributed by atoms with Gasteiger partial charge in [-0.05, 0) is 51.4 Å². The van der Waals surface area contributed by atoms with Gasteiger partial charge in [-0.2, -0.15) is 0 Å². The van der Waals surface area contributed by atoms with Crippen LogP contribution in [0.4, 0.5) is 0 Å². The second-order valence-corrected chi connectivity index (χ2v) is 28.5. The second kappa shape index (κ2) is 78.0. The molecule has 0 aliphatic rings. The number of carbonyl (C=O) groups is 2. The number of hydrogen-bond acceptors (Lipinski definition) is 5. The number of allylic oxidation sites excluding steroid dienone is 2. The average molecular weight is 1240 g/mol. The summed E-state index contributed by atoms with van der Waals surface area (Å²) in [6, 6.07) is -0.541. The van der Waals surface area contributed by atoms with Gasteiger partial charge in [-0.25, -0.2) is 0 Å². The molecular formula is C82H161NO5. The Morgan fingerprint density at radius 2 is 0.534 bits per heavy atom. The number of unbranched alkanes of at least 4 members (excludes halogenated alkanes) is 65. The van der Waals surface area contributed by atoms with Crippen LogP contribution in [-0.2, 0) is 14.3 Å². The molecule has 2 atom stereocenters. The smallest absolute Gasteiger partial charge is 0.305 e. The lowest BCUT2D eigenvalue weighted by Crippen LogP contribution is -2.45. The van der Waals surface area contributed by atoms with E-state index in [1.165, 1.54) is 405 Å².